The first kappa shape index (κ1) is 15.2. The van der Waals surface area contributed by atoms with Gasteiger partial charge in [0.25, 0.3) is 0 Å². The van der Waals surface area contributed by atoms with E-state index >= 15 is 0 Å². The molecule has 0 aromatic heterocycles. The first-order valence-electron chi connectivity index (χ1n) is 7.86. The first-order chi connectivity index (χ1) is 9.04. The Labute approximate surface area is 118 Å². The van der Waals surface area contributed by atoms with Crippen LogP contribution in [0.25, 0.3) is 0 Å². The fraction of sp³-hybridized carbons (Fsp3) is 1.00. The van der Waals surface area contributed by atoms with Crippen LogP contribution in [0.2, 0.25) is 0 Å². The predicted octanol–water partition coefficient (Wildman–Crippen LogP) is 1.17. The highest BCUT2D eigenvalue weighted by Crippen LogP contribution is 2.21. The van der Waals surface area contributed by atoms with Crippen molar-refractivity contribution in [3.63, 3.8) is 0 Å². The predicted molar refractivity (Wildman–Crippen MR) is 79.6 cm³/mol. The van der Waals surface area contributed by atoms with Crippen LogP contribution in [-0.2, 0) is 4.74 Å². The summed E-state index contributed by atoms with van der Waals surface area (Å²) < 4.78 is 6.17. The summed E-state index contributed by atoms with van der Waals surface area (Å²) >= 11 is 0. The lowest BCUT2D eigenvalue weighted by atomic mass is 10.1. The third kappa shape index (κ3) is 4.71. The van der Waals surface area contributed by atoms with Gasteiger partial charge in [0, 0.05) is 44.8 Å². The fourth-order valence-corrected chi connectivity index (χ4v) is 3.14. The Morgan fingerprint density at radius 3 is 2.63 bits per heavy atom. The Balaban J connectivity index is 1.70. The molecule has 0 bridgehead atoms. The van der Waals surface area contributed by atoms with Gasteiger partial charge in [0.2, 0.25) is 0 Å². The lowest BCUT2D eigenvalue weighted by Crippen LogP contribution is -2.52. The smallest absolute Gasteiger partial charge is 0.0707 e. The lowest BCUT2D eigenvalue weighted by Gasteiger charge is -2.39. The van der Waals surface area contributed by atoms with Crippen LogP contribution in [0, 0.1) is 0 Å². The molecule has 0 aromatic carbocycles. The first-order valence-corrected chi connectivity index (χ1v) is 7.86. The zero-order valence-corrected chi connectivity index (χ0v) is 13.1. The van der Waals surface area contributed by atoms with Crippen LogP contribution in [0.15, 0.2) is 0 Å². The molecule has 0 saturated carbocycles. The van der Waals surface area contributed by atoms with Crippen LogP contribution in [0.1, 0.15) is 33.6 Å². The van der Waals surface area contributed by atoms with Gasteiger partial charge in [0.05, 0.1) is 12.2 Å². The average Bonchev–Trinajstić information content (AvgIpc) is 2.78. The van der Waals surface area contributed by atoms with Crippen LogP contribution >= 0.6 is 0 Å². The molecule has 0 aliphatic carbocycles. The van der Waals surface area contributed by atoms with E-state index in [1.165, 1.54) is 32.5 Å². The highest BCUT2D eigenvalue weighted by molar-refractivity contribution is 4.83. The highest BCUT2D eigenvalue weighted by atomic mass is 16.5. The van der Waals surface area contributed by atoms with E-state index in [0.717, 1.165) is 13.1 Å². The Kier molecular flexibility index (Phi) is 5.63. The number of piperazine rings is 1. The van der Waals surface area contributed by atoms with Gasteiger partial charge in [0.15, 0.2) is 0 Å². The summed E-state index contributed by atoms with van der Waals surface area (Å²) in [6.07, 6.45) is 3.32. The van der Waals surface area contributed by atoms with Gasteiger partial charge in [-0.25, -0.2) is 0 Å². The van der Waals surface area contributed by atoms with Crippen molar-refractivity contribution < 1.29 is 4.74 Å². The number of rotatable bonds is 5. The molecule has 19 heavy (non-hydrogen) atoms. The quantitative estimate of drug-likeness (QED) is 0.811. The third-order valence-corrected chi connectivity index (χ3v) is 4.36. The van der Waals surface area contributed by atoms with E-state index in [-0.39, 0.29) is 0 Å². The minimum absolute atomic E-state index is 0.426. The topological polar surface area (TPSA) is 27.7 Å². The van der Waals surface area contributed by atoms with Gasteiger partial charge in [-0.05, 0) is 26.8 Å². The van der Waals surface area contributed by atoms with Gasteiger partial charge >= 0.3 is 0 Å². The molecule has 2 aliphatic heterocycles. The van der Waals surface area contributed by atoms with Crippen LogP contribution < -0.4 is 5.32 Å². The minimum Gasteiger partial charge on any atom is -0.372 e. The number of likely N-dealkylation sites (N-methyl/N-ethyl adjacent to an activating group) is 1. The van der Waals surface area contributed by atoms with Crippen molar-refractivity contribution in [3.8, 4) is 0 Å². The number of nitrogens with one attached hydrogen (secondary N) is 1. The molecule has 112 valence electrons. The molecule has 2 heterocycles. The van der Waals surface area contributed by atoms with Crippen LogP contribution in [0.3, 0.4) is 0 Å². The third-order valence-electron chi connectivity index (χ3n) is 4.36. The second kappa shape index (κ2) is 7.02. The van der Waals surface area contributed by atoms with Crippen molar-refractivity contribution in [1.82, 2.24) is 15.1 Å². The zero-order valence-electron chi connectivity index (χ0n) is 13.1. The molecule has 4 heteroatoms. The van der Waals surface area contributed by atoms with Crippen molar-refractivity contribution in [3.05, 3.63) is 0 Å². The molecule has 4 nitrogen and oxygen atoms in total. The van der Waals surface area contributed by atoms with Crippen LogP contribution in [0.4, 0.5) is 0 Å². The summed E-state index contributed by atoms with van der Waals surface area (Å²) in [5.74, 6) is 0. The summed E-state index contributed by atoms with van der Waals surface area (Å²) in [6, 6.07) is 1.22. The maximum absolute atomic E-state index is 6.17. The summed E-state index contributed by atoms with van der Waals surface area (Å²) in [6.45, 7) is 12.4. The van der Waals surface area contributed by atoms with Gasteiger partial charge in [-0.1, -0.05) is 13.8 Å². The van der Waals surface area contributed by atoms with Gasteiger partial charge in [-0.2, -0.15) is 0 Å². The molecular formula is C15H31N3O. The second-order valence-electron chi connectivity index (χ2n) is 6.63. The Morgan fingerprint density at radius 1 is 1.21 bits per heavy atom. The van der Waals surface area contributed by atoms with Crippen LogP contribution in [-0.4, -0.2) is 73.9 Å². The van der Waals surface area contributed by atoms with Gasteiger partial charge in [-0.3, -0.25) is 4.90 Å². The number of nitrogens with zero attached hydrogens (tertiary/aromatic N) is 2. The molecule has 3 unspecified atom stereocenters. The Bertz CT molecular complexity index is 272. The molecule has 3 atom stereocenters. The minimum atomic E-state index is 0.426. The molecule has 0 radical (unpaired) electrons. The number of ether oxygens (including phenoxy) is 1. The van der Waals surface area contributed by atoms with Crippen LogP contribution in [0.5, 0.6) is 0 Å². The summed E-state index contributed by atoms with van der Waals surface area (Å²) in [7, 11) is 2.22. The van der Waals surface area contributed by atoms with E-state index in [1.54, 1.807) is 0 Å². The van der Waals surface area contributed by atoms with Crippen molar-refractivity contribution in [2.24, 2.45) is 0 Å². The molecule has 2 saturated heterocycles. The molecule has 0 amide bonds. The van der Waals surface area contributed by atoms with E-state index in [2.05, 4.69) is 42.9 Å². The number of hydrogen-bond acceptors (Lipinski definition) is 4. The largest absolute Gasteiger partial charge is 0.372 e. The average molecular weight is 269 g/mol. The van der Waals surface area contributed by atoms with E-state index < -0.39 is 0 Å². The number of hydrogen-bond donors (Lipinski definition) is 1. The monoisotopic (exact) mass is 269 g/mol. The summed E-state index contributed by atoms with van der Waals surface area (Å²) in [4.78, 5) is 5.02. The lowest BCUT2D eigenvalue weighted by molar-refractivity contribution is 0.000553. The molecular weight excluding hydrogens is 238 g/mol. The van der Waals surface area contributed by atoms with Crippen molar-refractivity contribution >= 4 is 0 Å². The SMILES string of the molecule is CC(C)NCC1CCC(CN2CCN(C)CC2C)O1. The summed E-state index contributed by atoms with van der Waals surface area (Å²) in [5.41, 5.74) is 0. The van der Waals surface area contributed by atoms with Crippen molar-refractivity contribution in [2.45, 2.75) is 57.9 Å². The molecule has 2 aliphatic rings. The highest BCUT2D eigenvalue weighted by Gasteiger charge is 2.29. The fourth-order valence-electron chi connectivity index (χ4n) is 3.14. The maximum Gasteiger partial charge on any atom is 0.0707 e. The maximum atomic E-state index is 6.17. The van der Waals surface area contributed by atoms with Gasteiger partial charge < -0.3 is 15.0 Å². The van der Waals surface area contributed by atoms with E-state index in [1.807, 2.05) is 0 Å². The Morgan fingerprint density at radius 2 is 1.95 bits per heavy atom. The van der Waals surface area contributed by atoms with E-state index in [9.17, 15) is 0 Å². The van der Waals surface area contributed by atoms with E-state index in [4.69, 9.17) is 4.74 Å². The van der Waals surface area contributed by atoms with Gasteiger partial charge in [0.1, 0.15) is 0 Å². The molecule has 0 spiro atoms. The molecule has 2 fully saturated rings. The standard InChI is InChI=1S/C15H31N3O/c1-12(2)16-9-14-5-6-15(19-14)11-18-8-7-17(4)10-13(18)3/h12-16H,5-11H2,1-4H3. The molecule has 1 N–H and O–H groups in total. The molecule has 0 aromatic rings. The zero-order chi connectivity index (χ0) is 13.8. The Hall–Kier alpha value is -0.160. The van der Waals surface area contributed by atoms with Gasteiger partial charge in [-0.15, -0.1) is 0 Å². The second-order valence-corrected chi connectivity index (χ2v) is 6.63. The molecule has 2 rings (SSSR count). The van der Waals surface area contributed by atoms with Crippen molar-refractivity contribution in [2.75, 3.05) is 39.8 Å². The van der Waals surface area contributed by atoms with Crippen molar-refractivity contribution in [1.29, 1.82) is 0 Å². The summed E-state index contributed by atoms with van der Waals surface area (Å²) in [5, 5.41) is 3.48. The van der Waals surface area contributed by atoms with E-state index in [0.29, 0.717) is 24.3 Å². The normalized spacial score (nSPS) is 34.3.